The van der Waals surface area contributed by atoms with Crippen LogP contribution >= 0.6 is 0 Å². The van der Waals surface area contributed by atoms with Gasteiger partial charge in [-0.1, -0.05) is 0 Å². The highest BCUT2D eigenvalue weighted by atomic mass is 16.5. The van der Waals surface area contributed by atoms with Crippen molar-refractivity contribution < 1.29 is 58.1 Å². The summed E-state index contributed by atoms with van der Waals surface area (Å²) in [6.45, 7) is 16.7. The molecule has 3 amide bonds. The average molecular weight is 1520 g/mol. The van der Waals surface area contributed by atoms with Gasteiger partial charge in [-0.05, 0) is 36.4 Å². The molecule has 6 aliphatic rings. The number of fused-ring (bicyclic) bond motifs is 6. The number of carbonyl (C=O) groups excluding carboxylic acids is 3. The fourth-order valence-corrected chi connectivity index (χ4v) is 14.8. The van der Waals surface area contributed by atoms with Crippen LogP contribution in [0, 0.1) is 0 Å². The molecular weight excluding hydrogens is 1430 g/mol. The van der Waals surface area contributed by atoms with Crippen molar-refractivity contribution in [2.75, 3.05) is 175 Å². The highest BCUT2D eigenvalue weighted by molar-refractivity contribution is 6.03. The minimum absolute atomic E-state index is 0.204. The van der Waals surface area contributed by atoms with E-state index in [9.17, 15) is 29.7 Å². The third-order valence-corrected chi connectivity index (χ3v) is 21.0. The number of aromatic nitrogens is 15. The number of hydrogen-bond acceptors (Lipinski definition) is 27. The first-order chi connectivity index (χ1) is 54.4. The van der Waals surface area contributed by atoms with Crippen LogP contribution in [-0.2, 0) is 48.1 Å². The van der Waals surface area contributed by atoms with Gasteiger partial charge in [0, 0.05) is 188 Å². The monoisotopic (exact) mass is 1520 g/mol. The van der Waals surface area contributed by atoms with Gasteiger partial charge in [0.1, 0.15) is 51.1 Å². The van der Waals surface area contributed by atoms with E-state index < -0.39 is 36.4 Å². The number of morpholine rings is 3. The van der Waals surface area contributed by atoms with Gasteiger partial charge in [-0.15, -0.1) is 0 Å². The molecule has 0 saturated carbocycles. The molecule has 6 aliphatic heterocycles. The van der Waals surface area contributed by atoms with Crippen LogP contribution in [0.2, 0.25) is 0 Å². The molecule has 0 spiro atoms. The van der Waals surface area contributed by atoms with E-state index >= 15 is 0 Å². The maximum atomic E-state index is 13.1. The molecule has 12 aromatic heterocycles. The fraction of sp³-hybridized carbons (Fsp3) is 0.440. The molecule has 0 aromatic carbocycles. The number of rotatable bonds is 21. The first kappa shape index (κ1) is 74.4. The van der Waals surface area contributed by atoms with Crippen LogP contribution in [0.15, 0.2) is 110 Å². The van der Waals surface area contributed by atoms with E-state index in [2.05, 4.69) is 109 Å². The van der Waals surface area contributed by atoms with E-state index in [1.807, 2.05) is 54.6 Å². The van der Waals surface area contributed by atoms with Crippen molar-refractivity contribution in [1.29, 1.82) is 0 Å². The molecule has 0 unspecified atom stereocenters. The molecule has 9 N–H and O–H groups in total. The van der Waals surface area contributed by atoms with Gasteiger partial charge in [-0.2, -0.15) is 28.8 Å². The predicted octanol–water partition coefficient (Wildman–Crippen LogP) is 1.83. The topological polar surface area (TPSA) is 393 Å². The van der Waals surface area contributed by atoms with Gasteiger partial charge in [-0.25, -0.2) is 29.9 Å². The maximum absolute atomic E-state index is 13.1. The number of carbonyl (C=O) groups is 3. The molecule has 6 saturated heterocycles. The Morgan fingerprint density at radius 1 is 0.396 bits per heavy atom. The Morgan fingerprint density at radius 2 is 0.685 bits per heavy atom. The third kappa shape index (κ3) is 15.7. The number of hydrogen-bond donors (Lipinski definition) is 9. The van der Waals surface area contributed by atoms with Gasteiger partial charge in [0.2, 0.25) is 0 Å². The minimum Gasteiger partial charge on any atom is -0.388 e. The highest BCUT2D eigenvalue weighted by Gasteiger charge is 2.34. The van der Waals surface area contributed by atoms with E-state index in [0.29, 0.717) is 68.2 Å². The van der Waals surface area contributed by atoms with Gasteiger partial charge < -0.3 is 89.3 Å². The first-order valence-corrected chi connectivity index (χ1v) is 37.5. The van der Waals surface area contributed by atoms with Crippen molar-refractivity contribution in [3.05, 3.63) is 127 Å². The molecule has 6 atom stereocenters. The molecule has 582 valence electrons. The molecule has 6 fully saturated rings. The Morgan fingerprint density at radius 3 is 0.946 bits per heavy atom. The summed E-state index contributed by atoms with van der Waals surface area (Å²) in [5.74, 6) is 1.02. The zero-order valence-electron chi connectivity index (χ0n) is 61.9. The van der Waals surface area contributed by atoms with Crippen LogP contribution in [0.5, 0.6) is 0 Å². The van der Waals surface area contributed by atoms with Crippen molar-refractivity contribution in [3.8, 4) is 33.8 Å². The highest BCUT2D eigenvalue weighted by Crippen LogP contribution is 2.35. The quantitative estimate of drug-likeness (QED) is 0.0495. The number of pyridine rings is 3. The molecule has 36 heteroatoms. The van der Waals surface area contributed by atoms with Gasteiger partial charge in [0.05, 0.1) is 151 Å². The lowest BCUT2D eigenvalue weighted by molar-refractivity contribution is 0.0365. The first-order valence-electron chi connectivity index (χ1n) is 37.5. The predicted molar refractivity (Wildman–Crippen MR) is 410 cm³/mol. The summed E-state index contributed by atoms with van der Waals surface area (Å²) in [7, 11) is 5.41. The Balaban J connectivity index is 0.000000126. The SMILES string of the molecule is CNc1cc(-c2cn(CCN3CCOCC3)c3ncccc23)nc2c(C(=O)N[C@@H]3COC[C@@H]3O)cnn12.CNc1cc(-c2cn(CCN3CCOCC3)c3ncccc23)nc2c(C(=O)N[C@H]3COC[C@H]3O)cnn12.CNc1cc(-c2cn(CCN3CCOCC3)c3ncccc23)nc2c(C(=O)N[C@H]3COC[C@H]3O)cnn12. The molecule has 18 heterocycles. The van der Waals surface area contributed by atoms with Crippen LogP contribution in [0.25, 0.3) is 83.8 Å². The van der Waals surface area contributed by atoms with Crippen molar-refractivity contribution in [1.82, 2.24) is 103 Å². The van der Waals surface area contributed by atoms with Crippen molar-refractivity contribution in [2.24, 2.45) is 0 Å². The number of nitrogens with zero attached hydrogens (tertiary/aromatic N) is 18. The molecule has 0 bridgehead atoms. The largest absolute Gasteiger partial charge is 0.388 e. The number of aliphatic hydroxyl groups is 3. The van der Waals surface area contributed by atoms with Crippen molar-refractivity contribution in [3.63, 3.8) is 0 Å². The van der Waals surface area contributed by atoms with E-state index in [4.69, 9.17) is 43.4 Å². The van der Waals surface area contributed by atoms with E-state index in [1.54, 1.807) is 53.3 Å². The van der Waals surface area contributed by atoms with Crippen molar-refractivity contribution >= 4 is 85.2 Å². The normalized spacial score (nSPS) is 20.6. The lowest BCUT2D eigenvalue weighted by Crippen LogP contribution is -2.42. The standard InChI is InChI=1S/3C25H30N8O4/c3*1-26-22-11-19(29-24-17(12-28-33(22)24)25(35)30-20-14-37-15-21(20)34)18-13-32(23-16(18)3-2-4-27-23)6-5-31-7-9-36-10-8-31/h3*2-4,11-13,20-21,26,34H,5-10,14-15H2,1H3,(H,30,35)/t3*20-,21+/m100/s1. The van der Waals surface area contributed by atoms with Crippen LogP contribution in [0.1, 0.15) is 31.1 Å². The van der Waals surface area contributed by atoms with Gasteiger partial charge in [0.25, 0.3) is 17.7 Å². The molecule has 0 radical (unpaired) electrons. The summed E-state index contributed by atoms with van der Waals surface area (Å²) < 4.78 is 43.5. The lowest BCUT2D eigenvalue weighted by atomic mass is 10.1. The number of ether oxygens (including phenoxy) is 6. The number of anilines is 3. The second-order valence-corrected chi connectivity index (χ2v) is 28.0. The summed E-state index contributed by atoms with van der Waals surface area (Å²) in [5, 5.41) is 64.3. The Kier molecular flexibility index (Phi) is 22.4. The van der Waals surface area contributed by atoms with Gasteiger partial charge >= 0.3 is 0 Å². The molecule has 18 rings (SSSR count). The van der Waals surface area contributed by atoms with Crippen LogP contribution < -0.4 is 31.9 Å². The maximum Gasteiger partial charge on any atom is 0.257 e. The number of nitrogens with one attached hydrogen (secondary N) is 6. The smallest absolute Gasteiger partial charge is 0.257 e. The van der Waals surface area contributed by atoms with Gasteiger partial charge in [-0.3, -0.25) is 29.1 Å². The Labute approximate surface area is 635 Å². The molecule has 36 nitrogen and oxygen atoms in total. The number of aliphatic hydroxyl groups excluding tert-OH is 3. The molecule has 0 aliphatic carbocycles. The van der Waals surface area contributed by atoms with Crippen LogP contribution in [-0.4, -0.2) is 316 Å². The third-order valence-electron chi connectivity index (χ3n) is 21.0. The summed E-state index contributed by atoms with van der Waals surface area (Å²) in [6.07, 6.45) is 13.9. The van der Waals surface area contributed by atoms with E-state index in [1.165, 1.54) is 18.6 Å². The number of amides is 3. The minimum atomic E-state index is -0.738. The van der Waals surface area contributed by atoms with Crippen LogP contribution in [0.3, 0.4) is 0 Å². The van der Waals surface area contributed by atoms with E-state index in [0.717, 1.165) is 168 Å². The second kappa shape index (κ2) is 33.5. The average Bonchev–Trinajstić information content (AvgIpc) is 1.62. The van der Waals surface area contributed by atoms with Crippen molar-refractivity contribution in [2.45, 2.75) is 56.1 Å². The summed E-state index contributed by atoms with van der Waals surface area (Å²) in [5.41, 5.74) is 9.81. The van der Waals surface area contributed by atoms with E-state index in [-0.39, 0.29) is 57.4 Å². The molecule has 12 aromatic rings. The van der Waals surface area contributed by atoms with Crippen LogP contribution in [0.4, 0.5) is 17.5 Å². The molecule has 111 heavy (non-hydrogen) atoms. The second-order valence-electron chi connectivity index (χ2n) is 28.0. The lowest BCUT2D eigenvalue weighted by Gasteiger charge is -2.26. The fourth-order valence-electron chi connectivity index (χ4n) is 14.8. The molecular formula is C75H90N24O12. The van der Waals surface area contributed by atoms with Gasteiger partial charge in [0.15, 0.2) is 16.9 Å². The Hall–Kier alpha value is -10.7. The zero-order valence-corrected chi connectivity index (χ0v) is 61.9. The Bertz CT molecular complexity index is 4790. The summed E-state index contributed by atoms with van der Waals surface area (Å²) in [4.78, 5) is 75.1. The zero-order chi connectivity index (χ0) is 76.1. The summed E-state index contributed by atoms with van der Waals surface area (Å²) in [6, 6.07) is 16.2. The summed E-state index contributed by atoms with van der Waals surface area (Å²) >= 11 is 0.